The molecule has 0 bridgehead atoms. The highest BCUT2D eigenvalue weighted by Gasteiger charge is 2.38. The summed E-state index contributed by atoms with van der Waals surface area (Å²) in [4.78, 5) is 10.8. The summed E-state index contributed by atoms with van der Waals surface area (Å²) >= 11 is -2.24. The highest BCUT2D eigenvalue weighted by Crippen LogP contribution is 2.22. The molecule has 0 aromatic carbocycles. The number of nitrogens with one attached hydrogen (secondary N) is 1. The molecule has 0 aromatic heterocycles. The molecule has 1 rings (SSSR count). The Bertz CT molecular complexity index is 415. The summed E-state index contributed by atoms with van der Waals surface area (Å²) in [6.07, 6.45) is -0.788. The highest BCUT2D eigenvalue weighted by atomic mass is 32.2. The molecular weight excluding hydrogens is 271 g/mol. The van der Waals surface area contributed by atoms with Gasteiger partial charge in [0.05, 0.1) is 0 Å². The fraction of sp³-hybridized carbons (Fsp3) is 0.500. The number of hydrogen-bond acceptors (Lipinski definition) is 3. The summed E-state index contributed by atoms with van der Waals surface area (Å²) in [7, 11) is 0. The second-order valence-electron chi connectivity index (χ2n) is 3.70. The minimum atomic E-state index is -4.87. The fourth-order valence-electron chi connectivity index (χ4n) is 1.45. The summed E-state index contributed by atoms with van der Waals surface area (Å²) < 4.78 is 56.7. The summed E-state index contributed by atoms with van der Waals surface area (Å²) in [5.74, 6) is -1.96. The van der Waals surface area contributed by atoms with E-state index in [4.69, 9.17) is 0 Å². The molecule has 1 aliphatic rings. The first-order chi connectivity index (χ1) is 8.30. The SMILES string of the molecule is O=C(NCCC1=CC=C(S(=O)[O-])CC1)C(F)(F)F. The second kappa shape index (κ2) is 6.14. The Morgan fingerprint density at radius 1 is 1.39 bits per heavy atom. The first-order valence-electron chi connectivity index (χ1n) is 5.13. The number of allylic oxidation sites excluding steroid dienone is 3. The molecule has 1 aliphatic carbocycles. The molecule has 0 fully saturated rings. The van der Waals surface area contributed by atoms with E-state index in [1.165, 1.54) is 6.08 Å². The third kappa shape index (κ3) is 4.61. The van der Waals surface area contributed by atoms with E-state index in [-0.39, 0.29) is 17.9 Å². The van der Waals surface area contributed by atoms with Crippen molar-refractivity contribution in [2.24, 2.45) is 0 Å². The van der Waals surface area contributed by atoms with Crippen molar-refractivity contribution in [2.75, 3.05) is 6.54 Å². The quantitative estimate of drug-likeness (QED) is 0.795. The Morgan fingerprint density at radius 2 is 2.06 bits per heavy atom. The largest absolute Gasteiger partial charge is 0.769 e. The van der Waals surface area contributed by atoms with E-state index in [0.29, 0.717) is 12.8 Å². The number of carbonyl (C=O) groups is 1. The molecule has 0 saturated heterocycles. The molecule has 18 heavy (non-hydrogen) atoms. The van der Waals surface area contributed by atoms with E-state index < -0.39 is 23.2 Å². The molecule has 0 spiro atoms. The van der Waals surface area contributed by atoms with Crippen LogP contribution in [0.15, 0.2) is 22.6 Å². The van der Waals surface area contributed by atoms with Gasteiger partial charge in [-0.2, -0.15) is 13.2 Å². The van der Waals surface area contributed by atoms with E-state index >= 15 is 0 Å². The van der Waals surface area contributed by atoms with Crippen LogP contribution in [-0.4, -0.2) is 27.4 Å². The number of carbonyl (C=O) groups excluding carboxylic acids is 1. The zero-order chi connectivity index (χ0) is 13.8. The van der Waals surface area contributed by atoms with Crippen molar-refractivity contribution in [2.45, 2.75) is 25.4 Å². The van der Waals surface area contributed by atoms with Crippen molar-refractivity contribution in [3.63, 3.8) is 0 Å². The van der Waals surface area contributed by atoms with Crippen LogP contribution in [-0.2, 0) is 15.9 Å². The summed E-state index contributed by atoms with van der Waals surface area (Å²) in [5.41, 5.74) is 0.812. The average Bonchev–Trinajstić information content (AvgIpc) is 2.28. The van der Waals surface area contributed by atoms with Gasteiger partial charge in [0, 0.05) is 11.4 Å². The molecule has 0 saturated carbocycles. The van der Waals surface area contributed by atoms with Gasteiger partial charge in [-0.3, -0.25) is 9.00 Å². The van der Waals surface area contributed by atoms with Crippen LogP contribution >= 0.6 is 0 Å². The molecule has 1 atom stereocenters. The zero-order valence-corrected chi connectivity index (χ0v) is 10.1. The molecule has 0 aliphatic heterocycles. The predicted molar refractivity (Wildman–Crippen MR) is 58.0 cm³/mol. The Hall–Kier alpha value is -1.15. The van der Waals surface area contributed by atoms with Gasteiger partial charge in [0.25, 0.3) is 0 Å². The molecule has 1 unspecified atom stereocenters. The van der Waals surface area contributed by atoms with Gasteiger partial charge in [-0.15, -0.1) is 0 Å². The van der Waals surface area contributed by atoms with Crippen molar-refractivity contribution >= 4 is 17.0 Å². The van der Waals surface area contributed by atoms with Gasteiger partial charge in [-0.1, -0.05) is 17.7 Å². The molecular formula is C10H11F3NO3S-. The van der Waals surface area contributed by atoms with Crippen LogP contribution < -0.4 is 5.32 Å². The number of amides is 1. The van der Waals surface area contributed by atoms with Gasteiger partial charge >= 0.3 is 12.1 Å². The van der Waals surface area contributed by atoms with Crippen LogP contribution in [0.1, 0.15) is 19.3 Å². The maximum atomic E-state index is 11.9. The number of rotatable bonds is 4. The van der Waals surface area contributed by atoms with Crippen LogP contribution in [0.2, 0.25) is 0 Å². The van der Waals surface area contributed by atoms with Gasteiger partial charge in [-0.05, 0) is 30.3 Å². The predicted octanol–water partition coefficient (Wildman–Crippen LogP) is 1.54. The van der Waals surface area contributed by atoms with Crippen molar-refractivity contribution in [1.82, 2.24) is 5.32 Å². The summed E-state index contributed by atoms with van der Waals surface area (Å²) in [6.45, 7) is -0.117. The highest BCUT2D eigenvalue weighted by molar-refractivity contribution is 7.83. The Labute approximate surface area is 104 Å². The van der Waals surface area contributed by atoms with Gasteiger partial charge in [0.2, 0.25) is 0 Å². The smallest absolute Gasteiger partial charge is 0.471 e. The molecule has 0 aromatic rings. The van der Waals surface area contributed by atoms with Crippen LogP contribution in [0.5, 0.6) is 0 Å². The van der Waals surface area contributed by atoms with Crippen LogP contribution in [0.3, 0.4) is 0 Å². The van der Waals surface area contributed by atoms with E-state index in [1.54, 1.807) is 11.4 Å². The van der Waals surface area contributed by atoms with Gasteiger partial charge in [0.15, 0.2) is 0 Å². The molecule has 0 radical (unpaired) electrons. The average molecular weight is 282 g/mol. The number of alkyl halides is 3. The normalized spacial score (nSPS) is 17.8. The zero-order valence-electron chi connectivity index (χ0n) is 9.25. The summed E-state index contributed by atoms with van der Waals surface area (Å²) in [5, 5.41) is 1.76. The molecule has 0 heterocycles. The molecule has 4 nitrogen and oxygen atoms in total. The number of halogens is 3. The topological polar surface area (TPSA) is 69.2 Å². The van der Waals surface area contributed by atoms with Crippen molar-refractivity contribution in [3.8, 4) is 0 Å². The van der Waals surface area contributed by atoms with Gasteiger partial charge < -0.3 is 9.87 Å². The Balaban J connectivity index is 2.38. The monoisotopic (exact) mass is 282 g/mol. The van der Waals surface area contributed by atoms with E-state index in [1.807, 2.05) is 0 Å². The minimum absolute atomic E-state index is 0.117. The maximum Gasteiger partial charge on any atom is 0.471 e. The van der Waals surface area contributed by atoms with Crippen LogP contribution in [0.25, 0.3) is 0 Å². The van der Waals surface area contributed by atoms with Gasteiger partial charge in [-0.25, -0.2) is 0 Å². The lowest BCUT2D eigenvalue weighted by molar-refractivity contribution is -0.173. The maximum absolute atomic E-state index is 11.9. The van der Waals surface area contributed by atoms with Crippen molar-refractivity contribution < 1.29 is 26.7 Å². The third-order valence-electron chi connectivity index (χ3n) is 2.40. The van der Waals surface area contributed by atoms with Crippen LogP contribution in [0.4, 0.5) is 13.2 Å². The first-order valence-corrected chi connectivity index (χ1v) is 6.21. The Morgan fingerprint density at radius 3 is 2.50 bits per heavy atom. The van der Waals surface area contributed by atoms with E-state index in [9.17, 15) is 26.7 Å². The van der Waals surface area contributed by atoms with Crippen molar-refractivity contribution in [1.29, 1.82) is 0 Å². The van der Waals surface area contributed by atoms with E-state index in [0.717, 1.165) is 5.57 Å². The summed E-state index contributed by atoms with van der Waals surface area (Å²) in [6, 6.07) is 0. The lowest BCUT2D eigenvalue weighted by Crippen LogP contribution is -2.37. The lowest BCUT2D eigenvalue weighted by atomic mass is 10.0. The van der Waals surface area contributed by atoms with E-state index in [2.05, 4.69) is 0 Å². The van der Waals surface area contributed by atoms with Crippen LogP contribution in [0, 0.1) is 0 Å². The second-order valence-corrected chi connectivity index (χ2v) is 4.69. The standard InChI is InChI=1S/C10H12F3NO3S/c11-10(12,13)9(15)14-6-5-7-1-3-8(4-2-7)18(16)17/h1,3H,2,4-6H2,(H,14,15)(H,16,17)/p-1. The molecule has 102 valence electrons. The molecule has 8 heteroatoms. The molecule has 1 amide bonds. The third-order valence-corrected chi connectivity index (χ3v) is 3.17. The first kappa shape index (κ1) is 14.9. The fourth-order valence-corrected chi connectivity index (χ4v) is 1.89. The molecule has 1 N–H and O–H groups in total. The van der Waals surface area contributed by atoms with Crippen molar-refractivity contribution in [3.05, 3.63) is 22.6 Å². The minimum Gasteiger partial charge on any atom is -0.769 e. The lowest BCUT2D eigenvalue weighted by Gasteiger charge is -2.16. The number of hydrogen-bond donors (Lipinski definition) is 1. The Kier molecular flexibility index (Phi) is 5.09. The van der Waals surface area contributed by atoms with Gasteiger partial charge in [0.1, 0.15) is 0 Å².